The van der Waals surface area contributed by atoms with Gasteiger partial charge in [0.25, 0.3) is 0 Å². The SMILES string of the molecule is COC[C@@H](C(=O)N1CCCC1)n1cnc2ccc(-c3ccc(C(F)(F)F)cc3Cl)nc21. The summed E-state index contributed by atoms with van der Waals surface area (Å²) in [6.45, 7) is 1.55. The number of hydrogen-bond acceptors (Lipinski definition) is 4. The Morgan fingerprint density at radius 3 is 2.61 bits per heavy atom. The highest BCUT2D eigenvalue weighted by molar-refractivity contribution is 6.33. The molecule has 1 saturated heterocycles. The van der Waals surface area contributed by atoms with Gasteiger partial charge in [0, 0.05) is 25.8 Å². The van der Waals surface area contributed by atoms with E-state index in [1.165, 1.54) is 19.5 Å². The number of ether oxygens (including phenoxy) is 1. The third-order valence-electron chi connectivity index (χ3n) is 5.36. The summed E-state index contributed by atoms with van der Waals surface area (Å²) in [6.07, 6.45) is -1.02. The molecule has 1 fully saturated rings. The molecule has 31 heavy (non-hydrogen) atoms. The van der Waals surface area contributed by atoms with Crippen molar-refractivity contribution in [1.29, 1.82) is 0 Å². The number of carbonyl (C=O) groups excluding carboxylic acids is 1. The summed E-state index contributed by atoms with van der Waals surface area (Å²) >= 11 is 6.14. The number of likely N-dealkylation sites (tertiary alicyclic amines) is 1. The lowest BCUT2D eigenvalue weighted by Crippen LogP contribution is -2.37. The monoisotopic (exact) mass is 452 g/mol. The summed E-state index contributed by atoms with van der Waals surface area (Å²) in [5, 5.41) is -0.0608. The molecule has 0 unspecified atom stereocenters. The van der Waals surface area contributed by atoms with Gasteiger partial charge in [0.15, 0.2) is 5.65 Å². The molecule has 0 N–H and O–H groups in total. The van der Waals surface area contributed by atoms with Gasteiger partial charge in [0.1, 0.15) is 11.6 Å². The summed E-state index contributed by atoms with van der Waals surface area (Å²) in [5.41, 5.74) is 0.908. The van der Waals surface area contributed by atoms with Crippen LogP contribution < -0.4 is 0 Å². The van der Waals surface area contributed by atoms with Crippen LogP contribution in [0.15, 0.2) is 36.7 Å². The van der Waals surface area contributed by atoms with Gasteiger partial charge in [-0.3, -0.25) is 4.79 Å². The highest BCUT2D eigenvalue weighted by Gasteiger charge is 2.31. The van der Waals surface area contributed by atoms with E-state index in [1.54, 1.807) is 21.6 Å². The molecule has 1 aliphatic rings. The number of fused-ring (bicyclic) bond motifs is 1. The fourth-order valence-electron chi connectivity index (χ4n) is 3.76. The second kappa shape index (κ2) is 8.47. The van der Waals surface area contributed by atoms with Crippen LogP contribution in [0, 0.1) is 0 Å². The van der Waals surface area contributed by atoms with E-state index in [-0.39, 0.29) is 17.5 Å². The Hall–Kier alpha value is -2.65. The predicted octanol–water partition coefficient (Wildman–Crippen LogP) is 4.58. The van der Waals surface area contributed by atoms with Gasteiger partial charge in [-0.2, -0.15) is 13.2 Å². The molecule has 0 spiro atoms. The van der Waals surface area contributed by atoms with Gasteiger partial charge in [-0.15, -0.1) is 0 Å². The van der Waals surface area contributed by atoms with Crippen LogP contribution in [0.3, 0.4) is 0 Å². The maximum Gasteiger partial charge on any atom is 0.416 e. The molecule has 0 radical (unpaired) electrons. The minimum atomic E-state index is -4.48. The number of carbonyl (C=O) groups is 1. The fraction of sp³-hybridized carbons (Fsp3) is 0.381. The maximum atomic E-state index is 13.1. The Kier molecular flexibility index (Phi) is 5.90. The normalized spacial score (nSPS) is 15.6. The highest BCUT2D eigenvalue weighted by Crippen LogP contribution is 2.35. The third kappa shape index (κ3) is 4.24. The van der Waals surface area contributed by atoms with Crippen LogP contribution in [0.1, 0.15) is 24.4 Å². The van der Waals surface area contributed by atoms with Crippen LogP contribution >= 0.6 is 11.6 Å². The lowest BCUT2D eigenvalue weighted by atomic mass is 10.1. The molecule has 10 heteroatoms. The van der Waals surface area contributed by atoms with Gasteiger partial charge in [0.05, 0.1) is 29.2 Å². The Morgan fingerprint density at radius 1 is 1.23 bits per heavy atom. The van der Waals surface area contributed by atoms with Crippen LogP contribution in [0.2, 0.25) is 5.02 Å². The molecule has 1 amide bonds. The van der Waals surface area contributed by atoms with Crippen molar-refractivity contribution in [3.63, 3.8) is 0 Å². The molecule has 0 aliphatic carbocycles. The summed E-state index contributed by atoms with van der Waals surface area (Å²) in [4.78, 5) is 23.8. The van der Waals surface area contributed by atoms with Crippen molar-refractivity contribution in [2.45, 2.75) is 25.1 Å². The minimum Gasteiger partial charge on any atom is -0.382 e. The van der Waals surface area contributed by atoms with Crippen molar-refractivity contribution in [3.8, 4) is 11.3 Å². The van der Waals surface area contributed by atoms with Crippen molar-refractivity contribution in [2.75, 3.05) is 26.8 Å². The molecule has 0 saturated carbocycles. The molecule has 3 aromatic rings. The van der Waals surface area contributed by atoms with E-state index < -0.39 is 17.8 Å². The average molecular weight is 453 g/mol. The quantitative estimate of drug-likeness (QED) is 0.568. The van der Waals surface area contributed by atoms with Gasteiger partial charge in [0.2, 0.25) is 5.91 Å². The molecule has 164 valence electrons. The zero-order valence-electron chi connectivity index (χ0n) is 16.7. The van der Waals surface area contributed by atoms with Crippen molar-refractivity contribution < 1.29 is 22.7 Å². The third-order valence-corrected chi connectivity index (χ3v) is 5.67. The van der Waals surface area contributed by atoms with Crippen LogP contribution in [0.25, 0.3) is 22.4 Å². The number of imidazole rings is 1. The van der Waals surface area contributed by atoms with Crippen molar-refractivity contribution >= 4 is 28.7 Å². The van der Waals surface area contributed by atoms with Gasteiger partial charge < -0.3 is 14.2 Å². The number of benzene rings is 1. The van der Waals surface area contributed by atoms with E-state index >= 15 is 0 Å². The highest BCUT2D eigenvalue weighted by atomic mass is 35.5. The first-order valence-corrected chi connectivity index (χ1v) is 10.2. The number of nitrogens with zero attached hydrogens (tertiary/aromatic N) is 4. The summed E-state index contributed by atoms with van der Waals surface area (Å²) in [7, 11) is 1.52. The number of hydrogen-bond donors (Lipinski definition) is 0. The van der Waals surface area contributed by atoms with Crippen molar-refractivity contribution in [2.24, 2.45) is 0 Å². The van der Waals surface area contributed by atoms with E-state index in [4.69, 9.17) is 16.3 Å². The molecule has 1 aliphatic heterocycles. The first kappa shape index (κ1) is 21.6. The standard InChI is InChI=1S/C21H20ClF3N4O2/c1-31-11-18(20(30)28-8-2-3-9-28)29-12-26-17-7-6-16(27-19(17)29)14-5-4-13(10-15(14)22)21(23,24)25/h4-7,10,12,18H,2-3,8-9,11H2,1H3/t18-/m0/s1. The van der Waals surface area contributed by atoms with Crippen molar-refractivity contribution in [1.82, 2.24) is 19.4 Å². The van der Waals surface area contributed by atoms with E-state index in [9.17, 15) is 18.0 Å². The molecule has 2 aromatic heterocycles. The zero-order valence-corrected chi connectivity index (χ0v) is 17.5. The maximum absolute atomic E-state index is 13.1. The lowest BCUT2D eigenvalue weighted by molar-refractivity contribution is -0.137. The molecule has 0 bridgehead atoms. The zero-order chi connectivity index (χ0) is 22.2. The first-order valence-electron chi connectivity index (χ1n) is 9.78. The predicted molar refractivity (Wildman–Crippen MR) is 110 cm³/mol. The minimum absolute atomic E-state index is 0.0608. The van der Waals surface area contributed by atoms with Gasteiger partial charge in [-0.1, -0.05) is 17.7 Å². The number of rotatable bonds is 5. The van der Waals surface area contributed by atoms with Crippen LogP contribution in [-0.4, -0.2) is 52.1 Å². The molecular weight excluding hydrogens is 433 g/mol. The average Bonchev–Trinajstić information content (AvgIpc) is 3.40. The number of methoxy groups -OCH3 is 1. The molecule has 3 heterocycles. The second-order valence-electron chi connectivity index (χ2n) is 7.39. The topological polar surface area (TPSA) is 60.2 Å². The molecule has 4 rings (SSSR count). The lowest BCUT2D eigenvalue weighted by Gasteiger charge is -2.24. The Morgan fingerprint density at radius 2 is 1.97 bits per heavy atom. The van der Waals surface area contributed by atoms with Crippen LogP contribution in [-0.2, 0) is 15.7 Å². The number of pyridine rings is 1. The van der Waals surface area contributed by atoms with Gasteiger partial charge >= 0.3 is 6.18 Å². The van der Waals surface area contributed by atoms with Crippen LogP contribution in [0.5, 0.6) is 0 Å². The van der Waals surface area contributed by atoms with Gasteiger partial charge in [-0.05, 0) is 37.1 Å². The second-order valence-corrected chi connectivity index (χ2v) is 7.79. The Labute approximate surface area is 181 Å². The molecule has 1 aromatic carbocycles. The van der Waals surface area contributed by atoms with E-state index in [1.807, 2.05) is 0 Å². The van der Waals surface area contributed by atoms with E-state index in [2.05, 4.69) is 9.97 Å². The number of aromatic nitrogens is 3. The summed E-state index contributed by atoms with van der Waals surface area (Å²) < 4.78 is 45.8. The number of halogens is 4. The smallest absolute Gasteiger partial charge is 0.382 e. The molecule has 6 nitrogen and oxygen atoms in total. The number of amides is 1. The number of alkyl halides is 3. The van der Waals surface area contributed by atoms with Crippen molar-refractivity contribution in [3.05, 3.63) is 47.2 Å². The Balaban J connectivity index is 1.74. The Bertz CT molecular complexity index is 1110. The van der Waals surface area contributed by atoms with Gasteiger partial charge in [-0.25, -0.2) is 9.97 Å². The molecular formula is C21H20ClF3N4O2. The van der Waals surface area contributed by atoms with Crippen LogP contribution in [0.4, 0.5) is 13.2 Å². The first-order chi connectivity index (χ1) is 14.8. The fourth-order valence-corrected chi connectivity index (χ4v) is 4.04. The van der Waals surface area contributed by atoms with E-state index in [0.29, 0.717) is 35.5 Å². The van der Waals surface area contributed by atoms with E-state index in [0.717, 1.165) is 25.0 Å². The summed E-state index contributed by atoms with van der Waals surface area (Å²) in [6, 6.07) is 5.84. The summed E-state index contributed by atoms with van der Waals surface area (Å²) in [5.74, 6) is -0.0709. The largest absolute Gasteiger partial charge is 0.416 e. The molecule has 1 atom stereocenters.